The van der Waals surface area contributed by atoms with E-state index in [2.05, 4.69) is 20.6 Å². The Bertz CT molecular complexity index is 1370. The number of nitrogens with zero attached hydrogens (tertiary/aromatic N) is 5. The molecule has 0 bridgehead atoms. The van der Waals surface area contributed by atoms with Crippen LogP contribution in [0, 0.1) is 6.92 Å². The third kappa shape index (κ3) is 5.14. The fourth-order valence-corrected chi connectivity index (χ4v) is 3.82. The molecule has 10 nitrogen and oxygen atoms in total. The smallest absolute Gasteiger partial charge is 0.351 e. The molecule has 0 aliphatic carbocycles. The molecule has 3 aromatic heterocycles. The van der Waals surface area contributed by atoms with Gasteiger partial charge in [-0.15, -0.1) is 11.3 Å². The number of hydrogen-bond acceptors (Lipinski definition) is 8. The van der Waals surface area contributed by atoms with E-state index < -0.39 is 11.2 Å². The van der Waals surface area contributed by atoms with Crippen LogP contribution in [-0.4, -0.2) is 36.9 Å². The van der Waals surface area contributed by atoms with Gasteiger partial charge in [0.05, 0.1) is 5.69 Å². The normalized spacial score (nSPS) is 11.0. The highest BCUT2D eigenvalue weighted by Crippen LogP contribution is 2.12. The summed E-state index contributed by atoms with van der Waals surface area (Å²) < 4.78 is 7.27. The van der Waals surface area contributed by atoms with E-state index >= 15 is 0 Å². The van der Waals surface area contributed by atoms with Crippen molar-refractivity contribution in [1.82, 2.24) is 29.8 Å². The number of carbonyl (C=O) groups is 1. The van der Waals surface area contributed by atoms with Crippen LogP contribution in [0.4, 0.5) is 0 Å². The summed E-state index contributed by atoms with van der Waals surface area (Å²) in [5.41, 5.74) is 0.186. The predicted molar refractivity (Wildman–Crippen MR) is 122 cm³/mol. The highest BCUT2D eigenvalue weighted by atomic mass is 32.1. The lowest BCUT2D eigenvalue weighted by Crippen LogP contribution is -2.40. The van der Waals surface area contributed by atoms with Crippen molar-refractivity contribution in [3.05, 3.63) is 78.9 Å². The predicted octanol–water partition coefficient (Wildman–Crippen LogP) is 1.64. The van der Waals surface area contributed by atoms with Crippen LogP contribution in [-0.2, 0) is 24.7 Å². The van der Waals surface area contributed by atoms with Gasteiger partial charge in [-0.05, 0) is 36.9 Å². The molecule has 0 saturated heterocycles. The van der Waals surface area contributed by atoms with E-state index in [-0.39, 0.29) is 36.2 Å². The second-order valence-corrected chi connectivity index (χ2v) is 8.47. The summed E-state index contributed by atoms with van der Waals surface area (Å²) in [6.07, 6.45) is 1.16. The monoisotopic (exact) mass is 466 g/mol. The Hall–Kier alpha value is -3.86. The van der Waals surface area contributed by atoms with Crippen molar-refractivity contribution < 1.29 is 9.32 Å². The zero-order valence-electron chi connectivity index (χ0n) is 18.1. The molecule has 1 N–H and O–H groups in total. The summed E-state index contributed by atoms with van der Waals surface area (Å²) >= 11 is 1.65. The lowest BCUT2D eigenvalue weighted by atomic mass is 10.2. The van der Waals surface area contributed by atoms with E-state index in [4.69, 9.17) is 4.52 Å². The van der Waals surface area contributed by atoms with Crippen molar-refractivity contribution in [3.8, 4) is 17.2 Å². The summed E-state index contributed by atoms with van der Waals surface area (Å²) in [5, 5.41) is 12.9. The van der Waals surface area contributed by atoms with E-state index in [1.165, 1.54) is 11.9 Å². The summed E-state index contributed by atoms with van der Waals surface area (Å²) in [4.78, 5) is 42.7. The molecule has 4 aromatic rings. The maximum Gasteiger partial charge on any atom is 0.351 e. The van der Waals surface area contributed by atoms with Crippen molar-refractivity contribution in [1.29, 1.82) is 0 Å². The number of aromatic nitrogens is 5. The fourth-order valence-electron chi connectivity index (χ4n) is 3.11. The lowest BCUT2D eigenvalue weighted by molar-refractivity contribution is -0.121. The second-order valence-electron chi connectivity index (χ2n) is 7.43. The number of thiophene rings is 1. The van der Waals surface area contributed by atoms with Crippen LogP contribution in [0.3, 0.4) is 0 Å². The molecule has 0 aliphatic heterocycles. The third-order valence-corrected chi connectivity index (χ3v) is 5.91. The molecule has 170 valence electrons. The molecule has 33 heavy (non-hydrogen) atoms. The highest BCUT2D eigenvalue weighted by molar-refractivity contribution is 7.09. The summed E-state index contributed by atoms with van der Waals surface area (Å²) in [5.74, 6) is 0.0353. The number of rotatable bonds is 8. The zero-order chi connectivity index (χ0) is 23.4. The van der Waals surface area contributed by atoms with Crippen LogP contribution in [0.2, 0.25) is 0 Å². The maximum absolute atomic E-state index is 12.6. The van der Waals surface area contributed by atoms with Crippen LogP contribution in [0.25, 0.3) is 17.2 Å². The van der Waals surface area contributed by atoms with Crippen molar-refractivity contribution in [2.24, 2.45) is 7.05 Å². The Kier molecular flexibility index (Phi) is 6.59. The number of carbonyl (C=O) groups excluding carboxylic acids is 1. The van der Waals surface area contributed by atoms with Gasteiger partial charge in [0.2, 0.25) is 17.6 Å². The Balaban J connectivity index is 1.46. The Labute approximate surface area is 192 Å². The standard InChI is InChI=1S/C22H22N6O4S/c1-14-5-7-15(8-6-14)28-22(31)27(2)21(30)19(25-28)20-24-18(32-26-20)10-9-17(29)23-12-11-16-4-3-13-33-16/h3-8,13H,9-12H2,1-2H3,(H,23,29). The first kappa shape index (κ1) is 22.3. The van der Waals surface area contributed by atoms with E-state index in [9.17, 15) is 14.4 Å². The topological polar surface area (TPSA) is 125 Å². The quantitative estimate of drug-likeness (QED) is 0.418. The summed E-state index contributed by atoms with van der Waals surface area (Å²) in [6, 6.07) is 11.1. The summed E-state index contributed by atoms with van der Waals surface area (Å²) in [7, 11) is 1.36. The van der Waals surface area contributed by atoms with Crippen LogP contribution in [0.5, 0.6) is 0 Å². The summed E-state index contributed by atoms with van der Waals surface area (Å²) in [6.45, 7) is 2.48. The van der Waals surface area contributed by atoms with Crippen molar-refractivity contribution in [3.63, 3.8) is 0 Å². The Morgan fingerprint density at radius 3 is 2.67 bits per heavy atom. The minimum absolute atomic E-state index is 0.0374. The maximum atomic E-state index is 12.6. The van der Waals surface area contributed by atoms with Gasteiger partial charge < -0.3 is 9.84 Å². The van der Waals surface area contributed by atoms with Gasteiger partial charge in [0.25, 0.3) is 5.56 Å². The minimum atomic E-state index is -0.637. The number of aryl methyl sites for hydroxylation is 2. The van der Waals surface area contributed by atoms with Crippen molar-refractivity contribution in [2.45, 2.75) is 26.2 Å². The van der Waals surface area contributed by atoms with Gasteiger partial charge in [0.1, 0.15) is 0 Å². The first-order chi connectivity index (χ1) is 15.9. The van der Waals surface area contributed by atoms with E-state index in [0.29, 0.717) is 12.2 Å². The minimum Gasteiger partial charge on any atom is -0.356 e. The number of amides is 1. The molecule has 11 heteroatoms. The van der Waals surface area contributed by atoms with Gasteiger partial charge in [-0.25, -0.2) is 4.79 Å². The molecule has 4 rings (SSSR count). The molecule has 1 aromatic carbocycles. The van der Waals surface area contributed by atoms with E-state index in [0.717, 1.165) is 21.2 Å². The van der Waals surface area contributed by atoms with Crippen LogP contribution < -0.4 is 16.6 Å². The van der Waals surface area contributed by atoms with E-state index in [1.54, 1.807) is 23.5 Å². The molecule has 0 atom stereocenters. The Morgan fingerprint density at radius 1 is 1.15 bits per heavy atom. The number of hydrogen-bond donors (Lipinski definition) is 1. The molecule has 0 saturated carbocycles. The molecular weight excluding hydrogens is 444 g/mol. The molecule has 3 heterocycles. The SMILES string of the molecule is Cc1ccc(-n2nc(-c3noc(CCC(=O)NCCc4cccs4)n3)c(=O)n(C)c2=O)cc1. The van der Waals surface area contributed by atoms with Gasteiger partial charge in [0.15, 0.2) is 5.69 Å². The van der Waals surface area contributed by atoms with Gasteiger partial charge >= 0.3 is 5.69 Å². The van der Waals surface area contributed by atoms with Gasteiger partial charge in [-0.1, -0.05) is 28.9 Å². The third-order valence-electron chi connectivity index (χ3n) is 4.97. The van der Waals surface area contributed by atoms with Crippen LogP contribution >= 0.6 is 11.3 Å². The Morgan fingerprint density at radius 2 is 1.94 bits per heavy atom. The van der Waals surface area contributed by atoms with Gasteiger partial charge in [-0.2, -0.15) is 14.8 Å². The molecular formula is C22H22N6O4S. The van der Waals surface area contributed by atoms with E-state index in [1.807, 2.05) is 36.6 Å². The van der Waals surface area contributed by atoms with Crippen molar-refractivity contribution in [2.75, 3.05) is 6.54 Å². The van der Waals surface area contributed by atoms with Crippen molar-refractivity contribution >= 4 is 17.2 Å². The zero-order valence-corrected chi connectivity index (χ0v) is 19.0. The fraction of sp³-hybridized carbons (Fsp3) is 0.273. The molecule has 1 amide bonds. The van der Waals surface area contributed by atoms with Gasteiger partial charge in [0, 0.05) is 31.3 Å². The average molecular weight is 467 g/mol. The first-order valence-electron chi connectivity index (χ1n) is 10.3. The number of nitrogens with one attached hydrogen (secondary N) is 1. The van der Waals surface area contributed by atoms with Crippen LogP contribution in [0.1, 0.15) is 22.8 Å². The number of benzene rings is 1. The molecule has 0 aliphatic rings. The first-order valence-corrected chi connectivity index (χ1v) is 11.2. The lowest BCUT2D eigenvalue weighted by Gasteiger charge is -2.08. The molecule has 0 fully saturated rings. The molecule has 0 radical (unpaired) electrons. The van der Waals surface area contributed by atoms with Crippen LogP contribution in [0.15, 0.2) is 55.9 Å². The van der Waals surface area contributed by atoms with Gasteiger partial charge in [-0.3, -0.25) is 14.2 Å². The largest absolute Gasteiger partial charge is 0.356 e. The molecule has 0 unspecified atom stereocenters. The highest BCUT2D eigenvalue weighted by Gasteiger charge is 2.19. The molecule has 0 spiro atoms. The average Bonchev–Trinajstić information content (AvgIpc) is 3.49. The second kappa shape index (κ2) is 9.74.